The van der Waals surface area contributed by atoms with Gasteiger partial charge in [-0.25, -0.2) is 4.98 Å². The van der Waals surface area contributed by atoms with Crippen LogP contribution >= 0.6 is 0 Å². The lowest BCUT2D eigenvalue weighted by Crippen LogP contribution is -2.13. The number of alkyl halides is 3. The summed E-state index contributed by atoms with van der Waals surface area (Å²) < 4.78 is 46.2. The summed E-state index contributed by atoms with van der Waals surface area (Å²) in [6, 6.07) is 14.0. The molecule has 0 spiro atoms. The highest BCUT2D eigenvalue weighted by Crippen LogP contribution is 2.30. The Kier molecular flexibility index (Phi) is 5.74. The van der Waals surface area contributed by atoms with E-state index in [2.05, 4.69) is 15.6 Å². The van der Waals surface area contributed by atoms with Crippen LogP contribution in [-0.4, -0.2) is 21.2 Å². The maximum absolute atomic E-state index is 12.9. The average Bonchev–Trinajstić information content (AvgIpc) is 3.14. The van der Waals surface area contributed by atoms with Crippen molar-refractivity contribution in [3.8, 4) is 11.5 Å². The van der Waals surface area contributed by atoms with Gasteiger partial charge in [0.25, 0.3) is 5.91 Å². The highest BCUT2D eigenvalue weighted by atomic mass is 19.4. The van der Waals surface area contributed by atoms with Crippen molar-refractivity contribution in [3.63, 3.8) is 0 Å². The lowest BCUT2D eigenvalue weighted by molar-refractivity contribution is -0.137. The van der Waals surface area contributed by atoms with Gasteiger partial charge in [0.2, 0.25) is 5.91 Å². The second kappa shape index (κ2) is 8.65. The Morgan fingerprint density at radius 2 is 1.73 bits per heavy atom. The number of pyridine rings is 1. The van der Waals surface area contributed by atoms with Crippen LogP contribution in [0, 0.1) is 0 Å². The number of rotatable bonds is 5. The van der Waals surface area contributed by atoms with Crippen molar-refractivity contribution in [2.24, 2.45) is 0 Å². The number of hydrogen-bond donors (Lipinski definition) is 2. The summed E-state index contributed by atoms with van der Waals surface area (Å²) in [7, 11) is 0. The lowest BCUT2D eigenvalue weighted by atomic mass is 10.1. The zero-order valence-electron chi connectivity index (χ0n) is 17.2. The summed E-state index contributed by atoms with van der Waals surface area (Å²) in [5, 5.41) is 5.17. The third-order valence-electron chi connectivity index (χ3n) is 4.51. The van der Waals surface area contributed by atoms with E-state index in [0.717, 1.165) is 12.1 Å². The average molecular weight is 454 g/mol. The molecule has 2 aromatic heterocycles. The Hall–Kier alpha value is -4.34. The predicted molar refractivity (Wildman–Crippen MR) is 115 cm³/mol. The first-order valence-electron chi connectivity index (χ1n) is 9.70. The van der Waals surface area contributed by atoms with Crippen LogP contribution < -0.4 is 15.4 Å². The fourth-order valence-electron chi connectivity index (χ4n) is 3.09. The molecule has 2 N–H and O–H groups in total. The van der Waals surface area contributed by atoms with E-state index >= 15 is 0 Å². The van der Waals surface area contributed by atoms with E-state index in [4.69, 9.17) is 4.74 Å². The zero-order chi connectivity index (χ0) is 23.6. The molecule has 0 bridgehead atoms. The number of anilines is 2. The molecule has 168 valence electrons. The number of hydrogen-bond acceptors (Lipinski definition) is 4. The molecule has 4 rings (SSSR count). The van der Waals surface area contributed by atoms with E-state index in [1.807, 2.05) is 0 Å². The van der Waals surface area contributed by atoms with Gasteiger partial charge in [-0.2, -0.15) is 13.2 Å². The maximum Gasteiger partial charge on any atom is 0.416 e. The van der Waals surface area contributed by atoms with Crippen LogP contribution in [0.15, 0.2) is 73.1 Å². The molecule has 33 heavy (non-hydrogen) atoms. The Morgan fingerprint density at radius 3 is 2.48 bits per heavy atom. The largest absolute Gasteiger partial charge is 0.456 e. The molecule has 2 aromatic carbocycles. The molecule has 2 heterocycles. The minimum Gasteiger partial charge on any atom is -0.456 e. The van der Waals surface area contributed by atoms with Crippen molar-refractivity contribution in [2.75, 3.05) is 10.6 Å². The van der Waals surface area contributed by atoms with Crippen molar-refractivity contribution in [3.05, 3.63) is 84.2 Å². The van der Waals surface area contributed by atoms with Crippen molar-refractivity contribution in [2.45, 2.75) is 13.1 Å². The number of amides is 2. The quantitative estimate of drug-likeness (QED) is 0.425. The fraction of sp³-hybridized carbons (Fsp3) is 0.0870. The van der Waals surface area contributed by atoms with Crippen molar-refractivity contribution in [1.82, 2.24) is 9.38 Å². The van der Waals surface area contributed by atoms with Gasteiger partial charge in [0, 0.05) is 24.2 Å². The topological polar surface area (TPSA) is 84.7 Å². The molecule has 0 atom stereocenters. The number of aromatic nitrogens is 2. The molecule has 10 heteroatoms. The summed E-state index contributed by atoms with van der Waals surface area (Å²) in [5.41, 5.74) is -0.0553. The number of carbonyl (C=O) groups is 2. The number of nitrogens with one attached hydrogen (secondary N) is 2. The second-order valence-electron chi connectivity index (χ2n) is 7.10. The number of nitrogens with zero attached hydrogens (tertiary/aromatic N) is 2. The molecule has 4 aromatic rings. The normalized spacial score (nSPS) is 11.3. The van der Waals surface area contributed by atoms with Crippen LogP contribution in [0.25, 0.3) is 5.65 Å². The number of ether oxygens (including phenoxy) is 1. The fourth-order valence-corrected chi connectivity index (χ4v) is 3.09. The summed E-state index contributed by atoms with van der Waals surface area (Å²) in [6.07, 6.45) is -1.24. The third kappa shape index (κ3) is 5.29. The SMILES string of the molecule is CC(=O)Nc1cn2cc(Oc3cccc(NC(=O)c4cccc(C(F)(F)F)c4)c3)ccc2n1. The number of benzene rings is 2. The first kappa shape index (κ1) is 21.9. The maximum atomic E-state index is 12.9. The van der Waals surface area contributed by atoms with Crippen LogP contribution in [0.3, 0.4) is 0 Å². The molecule has 0 saturated heterocycles. The molecular weight excluding hydrogens is 437 g/mol. The molecule has 0 fully saturated rings. The van der Waals surface area contributed by atoms with E-state index < -0.39 is 17.6 Å². The lowest BCUT2D eigenvalue weighted by Gasteiger charge is -2.11. The molecule has 7 nitrogen and oxygen atoms in total. The second-order valence-corrected chi connectivity index (χ2v) is 7.10. The molecule has 0 saturated carbocycles. The monoisotopic (exact) mass is 454 g/mol. The molecule has 0 radical (unpaired) electrons. The smallest absolute Gasteiger partial charge is 0.416 e. The van der Waals surface area contributed by atoms with E-state index in [1.54, 1.807) is 53.2 Å². The van der Waals surface area contributed by atoms with Crippen molar-refractivity contribution < 1.29 is 27.5 Å². The Morgan fingerprint density at radius 1 is 0.939 bits per heavy atom. The number of fused-ring (bicyclic) bond motifs is 1. The van der Waals surface area contributed by atoms with Crippen LogP contribution in [0.1, 0.15) is 22.8 Å². The Balaban J connectivity index is 1.49. The van der Waals surface area contributed by atoms with Gasteiger partial charge in [-0.05, 0) is 42.5 Å². The zero-order valence-corrected chi connectivity index (χ0v) is 17.2. The van der Waals surface area contributed by atoms with Crippen LogP contribution in [0.4, 0.5) is 24.7 Å². The molecule has 0 aliphatic rings. The first-order valence-corrected chi connectivity index (χ1v) is 9.70. The van der Waals surface area contributed by atoms with Crippen molar-refractivity contribution in [1.29, 1.82) is 0 Å². The summed E-state index contributed by atoms with van der Waals surface area (Å²) >= 11 is 0. The van der Waals surface area contributed by atoms with Gasteiger partial charge in [0.05, 0.1) is 18.0 Å². The van der Waals surface area contributed by atoms with Gasteiger partial charge in [-0.3, -0.25) is 9.59 Å². The predicted octanol–water partition coefficient (Wildman–Crippen LogP) is 5.36. The first-order chi connectivity index (χ1) is 15.7. The van der Waals surface area contributed by atoms with Crippen molar-refractivity contribution >= 4 is 29.0 Å². The van der Waals surface area contributed by atoms with E-state index in [9.17, 15) is 22.8 Å². The summed E-state index contributed by atoms with van der Waals surface area (Å²) in [4.78, 5) is 27.9. The van der Waals surface area contributed by atoms with Gasteiger partial charge >= 0.3 is 6.18 Å². The molecule has 0 aliphatic carbocycles. The molecular formula is C23H17F3N4O3. The van der Waals surface area contributed by atoms with Crippen LogP contribution in [0.2, 0.25) is 0 Å². The summed E-state index contributed by atoms with van der Waals surface area (Å²) in [6.45, 7) is 1.39. The third-order valence-corrected chi connectivity index (χ3v) is 4.51. The van der Waals surface area contributed by atoms with Gasteiger partial charge in [0.1, 0.15) is 17.1 Å². The van der Waals surface area contributed by atoms with Gasteiger partial charge in [-0.1, -0.05) is 12.1 Å². The van der Waals surface area contributed by atoms with E-state index in [-0.39, 0.29) is 11.5 Å². The van der Waals surface area contributed by atoms with Gasteiger partial charge in [-0.15, -0.1) is 0 Å². The standard InChI is InChI=1S/C23H17F3N4O3/c1-14(31)27-20-13-30-12-19(8-9-21(30)29-20)33-18-7-3-6-17(11-18)28-22(32)15-4-2-5-16(10-15)23(24,25)26/h2-13H,1H3,(H,27,31)(H,28,32). The Bertz CT molecular complexity index is 1350. The number of imidazole rings is 1. The molecule has 0 aliphatic heterocycles. The minimum atomic E-state index is -4.54. The van der Waals surface area contributed by atoms with E-state index in [0.29, 0.717) is 28.7 Å². The number of carbonyl (C=O) groups excluding carboxylic acids is 2. The Labute approximate surface area is 185 Å². The van der Waals surface area contributed by atoms with E-state index in [1.165, 1.54) is 19.1 Å². The highest BCUT2D eigenvalue weighted by molar-refractivity contribution is 6.04. The molecule has 0 unspecified atom stereocenters. The minimum absolute atomic E-state index is 0.114. The van der Waals surface area contributed by atoms with Gasteiger partial charge < -0.3 is 19.8 Å². The van der Waals surface area contributed by atoms with Crippen LogP contribution in [-0.2, 0) is 11.0 Å². The number of halogens is 3. The molecule has 2 amide bonds. The summed E-state index contributed by atoms with van der Waals surface area (Å²) in [5.74, 6) is 0.357. The van der Waals surface area contributed by atoms with Gasteiger partial charge in [0.15, 0.2) is 5.82 Å². The highest BCUT2D eigenvalue weighted by Gasteiger charge is 2.30. The van der Waals surface area contributed by atoms with Crippen LogP contribution in [0.5, 0.6) is 11.5 Å².